The van der Waals surface area contributed by atoms with E-state index < -0.39 is 0 Å². The highest BCUT2D eigenvalue weighted by Gasteiger charge is 2.05. The minimum Gasteiger partial charge on any atom is -0.316 e. The Kier molecular flexibility index (Phi) is 5.85. The first-order valence-corrected chi connectivity index (χ1v) is 6.37. The Bertz CT molecular complexity index is 296. The van der Waals surface area contributed by atoms with Gasteiger partial charge < -0.3 is 5.32 Å². The smallest absolute Gasteiger partial charge is 0.0785 e. The van der Waals surface area contributed by atoms with E-state index in [1.54, 1.807) is 6.20 Å². The van der Waals surface area contributed by atoms with E-state index in [0.717, 1.165) is 25.4 Å². The second-order valence-electron chi connectivity index (χ2n) is 4.73. The molecule has 1 unspecified atom stereocenters. The predicted molar refractivity (Wildman–Crippen MR) is 68.9 cm³/mol. The molecule has 1 heterocycles. The third-order valence-electron chi connectivity index (χ3n) is 2.55. The summed E-state index contributed by atoms with van der Waals surface area (Å²) in [6.07, 6.45) is 5.87. The number of hydrogen-bond donors (Lipinski definition) is 1. The molecular formula is C12H22ClN3. The SMILES string of the molecule is CC(C)CNCCCC(C)n1cc(Cl)cn1. The van der Waals surface area contributed by atoms with Crippen LogP contribution in [0.15, 0.2) is 12.4 Å². The van der Waals surface area contributed by atoms with Gasteiger partial charge in [0.25, 0.3) is 0 Å². The lowest BCUT2D eigenvalue weighted by molar-refractivity contribution is 0.433. The minimum absolute atomic E-state index is 0.424. The largest absolute Gasteiger partial charge is 0.316 e. The number of halogens is 1. The quantitative estimate of drug-likeness (QED) is 0.746. The van der Waals surface area contributed by atoms with Crippen molar-refractivity contribution < 1.29 is 0 Å². The molecule has 0 aliphatic rings. The number of nitrogens with zero attached hydrogens (tertiary/aromatic N) is 2. The van der Waals surface area contributed by atoms with E-state index in [-0.39, 0.29) is 0 Å². The topological polar surface area (TPSA) is 29.9 Å². The maximum absolute atomic E-state index is 5.83. The zero-order valence-electron chi connectivity index (χ0n) is 10.4. The summed E-state index contributed by atoms with van der Waals surface area (Å²) in [6, 6.07) is 0.424. The van der Waals surface area contributed by atoms with Crippen molar-refractivity contribution in [2.24, 2.45) is 5.92 Å². The van der Waals surface area contributed by atoms with Gasteiger partial charge in [-0.3, -0.25) is 4.68 Å². The van der Waals surface area contributed by atoms with E-state index in [1.807, 2.05) is 10.9 Å². The molecule has 0 aliphatic heterocycles. The summed E-state index contributed by atoms with van der Waals surface area (Å²) in [7, 11) is 0. The number of hydrogen-bond acceptors (Lipinski definition) is 2. The molecule has 92 valence electrons. The molecule has 0 saturated carbocycles. The predicted octanol–water partition coefficient (Wildman–Crippen LogP) is 3.12. The monoisotopic (exact) mass is 243 g/mol. The number of nitrogens with one attached hydrogen (secondary N) is 1. The molecule has 0 saturated heterocycles. The van der Waals surface area contributed by atoms with Crippen LogP contribution >= 0.6 is 11.6 Å². The molecule has 1 N–H and O–H groups in total. The first-order valence-electron chi connectivity index (χ1n) is 6.00. The van der Waals surface area contributed by atoms with Crippen LogP contribution in [0.3, 0.4) is 0 Å². The lowest BCUT2D eigenvalue weighted by Crippen LogP contribution is -2.21. The fraction of sp³-hybridized carbons (Fsp3) is 0.750. The van der Waals surface area contributed by atoms with Crippen LogP contribution < -0.4 is 5.32 Å². The van der Waals surface area contributed by atoms with E-state index in [9.17, 15) is 0 Å². The van der Waals surface area contributed by atoms with Gasteiger partial charge in [0.2, 0.25) is 0 Å². The van der Waals surface area contributed by atoms with Gasteiger partial charge in [-0.05, 0) is 38.8 Å². The molecule has 3 nitrogen and oxygen atoms in total. The summed E-state index contributed by atoms with van der Waals surface area (Å²) in [5, 5.41) is 8.36. The van der Waals surface area contributed by atoms with Crippen molar-refractivity contribution >= 4 is 11.6 Å². The third kappa shape index (κ3) is 4.99. The summed E-state index contributed by atoms with van der Waals surface area (Å²) >= 11 is 5.83. The zero-order chi connectivity index (χ0) is 12.0. The van der Waals surface area contributed by atoms with Crippen molar-refractivity contribution in [1.29, 1.82) is 0 Å². The van der Waals surface area contributed by atoms with Gasteiger partial charge in [0.15, 0.2) is 0 Å². The van der Waals surface area contributed by atoms with Crippen molar-refractivity contribution in [3.05, 3.63) is 17.4 Å². The molecule has 0 fully saturated rings. The van der Waals surface area contributed by atoms with Crippen LogP contribution in [0.5, 0.6) is 0 Å². The molecule has 1 aromatic rings. The molecule has 16 heavy (non-hydrogen) atoms. The highest BCUT2D eigenvalue weighted by atomic mass is 35.5. The number of aromatic nitrogens is 2. The van der Waals surface area contributed by atoms with Crippen molar-refractivity contribution in [2.75, 3.05) is 13.1 Å². The summed E-state index contributed by atoms with van der Waals surface area (Å²) in [5.74, 6) is 0.724. The van der Waals surface area contributed by atoms with Crippen molar-refractivity contribution in [3.63, 3.8) is 0 Å². The lowest BCUT2D eigenvalue weighted by Gasteiger charge is -2.12. The molecule has 0 aliphatic carbocycles. The van der Waals surface area contributed by atoms with Gasteiger partial charge in [-0.1, -0.05) is 25.4 Å². The fourth-order valence-electron chi connectivity index (χ4n) is 1.60. The van der Waals surface area contributed by atoms with Crippen LogP contribution in [0.1, 0.15) is 39.7 Å². The first kappa shape index (κ1) is 13.5. The average molecular weight is 244 g/mol. The fourth-order valence-corrected chi connectivity index (χ4v) is 1.75. The standard InChI is InChI=1S/C12H22ClN3/c1-10(2)7-14-6-4-5-11(3)16-9-12(13)8-15-16/h8-11,14H,4-7H2,1-3H3. The Morgan fingerprint density at radius 2 is 2.19 bits per heavy atom. The number of rotatable bonds is 7. The summed E-state index contributed by atoms with van der Waals surface area (Å²) < 4.78 is 1.94. The van der Waals surface area contributed by atoms with Crippen LogP contribution in [0.2, 0.25) is 5.02 Å². The van der Waals surface area contributed by atoms with Gasteiger partial charge in [-0.25, -0.2) is 0 Å². The molecule has 1 aromatic heterocycles. The van der Waals surface area contributed by atoms with Gasteiger partial charge >= 0.3 is 0 Å². The van der Waals surface area contributed by atoms with Gasteiger partial charge in [0.05, 0.1) is 11.2 Å². The molecule has 0 amide bonds. The summed E-state index contributed by atoms with van der Waals surface area (Å²) in [6.45, 7) is 8.80. The maximum atomic E-state index is 5.83. The van der Waals surface area contributed by atoms with Crippen molar-refractivity contribution in [1.82, 2.24) is 15.1 Å². The normalized spacial score (nSPS) is 13.3. The maximum Gasteiger partial charge on any atom is 0.0785 e. The molecule has 4 heteroatoms. The summed E-state index contributed by atoms with van der Waals surface area (Å²) in [4.78, 5) is 0. The highest BCUT2D eigenvalue weighted by Crippen LogP contribution is 2.14. The Balaban J connectivity index is 2.13. The minimum atomic E-state index is 0.424. The zero-order valence-corrected chi connectivity index (χ0v) is 11.2. The van der Waals surface area contributed by atoms with Crippen LogP contribution in [-0.4, -0.2) is 22.9 Å². The first-order chi connectivity index (χ1) is 7.59. The molecule has 0 radical (unpaired) electrons. The van der Waals surface area contributed by atoms with Crippen LogP contribution in [0, 0.1) is 5.92 Å². The van der Waals surface area contributed by atoms with Gasteiger partial charge in [-0.2, -0.15) is 5.10 Å². The second-order valence-corrected chi connectivity index (χ2v) is 5.16. The van der Waals surface area contributed by atoms with Crippen molar-refractivity contribution in [3.8, 4) is 0 Å². The van der Waals surface area contributed by atoms with Crippen LogP contribution in [-0.2, 0) is 0 Å². The summed E-state index contributed by atoms with van der Waals surface area (Å²) in [5.41, 5.74) is 0. The molecule has 0 bridgehead atoms. The Labute approximate surface area is 103 Å². The van der Waals surface area contributed by atoms with E-state index >= 15 is 0 Å². The van der Waals surface area contributed by atoms with Gasteiger partial charge in [-0.15, -0.1) is 0 Å². The van der Waals surface area contributed by atoms with Gasteiger partial charge in [0.1, 0.15) is 0 Å². The van der Waals surface area contributed by atoms with E-state index in [4.69, 9.17) is 11.6 Å². The van der Waals surface area contributed by atoms with Crippen LogP contribution in [0.4, 0.5) is 0 Å². The Morgan fingerprint density at radius 3 is 2.75 bits per heavy atom. The molecule has 1 atom stereocenters. The Hall–Kier alpha value is -0.540. The average Bonchev–Trinajstić information content (AvgIpc) is 2.63. The molecule has 1 rings (SSSR count). The molecule has 0 spiro atoms. The lowest BCUT2D eigenvalue weighted by atomic mass is 10.2. The highest BCUT2D eigenvalue weighted by molar-refractivity contribution is 6.30. The molecule has 0 aromatic carbocycles. The third-order valence-corrected chi connectivity index (χ3v) is 2.74. The molecular weight excluding hydrogens is 222 g/mol. The van der Waals surface area contributed by atoms with Crippen LogP contribution in [0.25, 0.3) is 0 Å². The Morgan fingerprint density at radius 1 is 1.44 bits per heavy atom. The van der Waals surface area contributed by atoms with E-state index in [2.05, 4.69) is 31.2 Å². The van der Waals surface area contributed by atoms with E-state index in [0.29, 0.717) is 11.1 Å². The van der Waals surface area contributed by atoms with Crippen molar-refractivity contribution in [2.45, 2.75) is 39.7 Å². The van der Waals surface area contributed by atoms with E-state index in [1.165, 1.54) is 6.42 Å². The second kappa shape index (κ2) is 6.92. The van der Waals surface area contributed by atoms with Gasteiger partial charge in [0, 0.05) is 12.2 Å².